The number of fused-ring (bicyclic) bond motifs is 1. The zero-order valence-corrected chi connectivity index (χ0v) is 12.1. The highest BCUT2D eigenvalue weighted by atomic mass is 32.2. The molecule has 0 aromatic carbocycles. The summed E-state index contributed by atoms with van der Waals surface area (Å²) in [6.07, 6.45) is 3.83. The standard InChI is InChI=1S/C14H22N2OS/c1-10-11-4-7-18-12(11)8-13(17)16(10)9-14(2,3)5-6-15/h8,11H,1,4-7,9,15H2,2-3H3. The minimum atomic E-state index is 0.0461. The van der Waals surface area contributed by atoms with E-state index in [1.165, 1.54) is 4.91 Å². The van der Waals surface area contributed by atoms with Gasteiger partial charge in [-0.3, -0.25) is 4.79 Å². The highest BCUT2D eigenvalue weighted by Crippen LogP contribution is 2.44. The molecule has 0 radical (unpaired) electrons. The van der Waals surface area contributed by atoms with Crippen LogP contribution in [0.3, 0.4) is 0 Å². The van der Waals surface area contributed by atoms with E-state index in [2.05, 4.69) is 20.4 Å². The molecule has 100 valence electrons. The third-order valence-corrected chi connectivity index (χ3v) is 4.88. The number of carbonyl (C=O) groups excluding carboxylic acids is 1. The highest BCUT2D eigenvalue weighted by molar-refractivity contribution is 8.03. The molecule has 2 heterocycles. The van der Waals surface area contributed by atoms with E-state index in [1.54, 1.807) is 17.8 Å². The molecule has 2 aliphatic heterocycles. The summed E-state index contributed by atoms with van der Waals surface area (Å²) in [5.74, 6) is 1.56. The number of nitrogens with two attached hydrogens (primary N) is 1. The predicted octanol–water partition coefficient (Wildman–Crippen LogP) is 2.35. The molecule has 1 unspecified atom stereocenters. The van der Waals surface area contributed by atoms with Crippen LogP contribution in [0.15, 0.2) is 23.3 Å². The third kappa shape index (κ3) is 2.64. The fraction of sp³-hybridized carbons (Fsp3) is 0.643. The second-order valence-corrected chi connectivity index (χ2v) is 7.02. The van der Waals surface area contributed by atoms with Gasteiger partial charge in [-0.2, -0.15) is 0 Å². The van der Waals surface area contributed by atoms with E-state index in [4.69, 9.17) is 5.73 Å². The maximum Gasteiger partial charge on any atom is 0.251 e. The molecule has 1 saturated heterocycles. The van der Waals surface area contributed by atoms with Crippen molar-refractivity contribution in [2.24, 2.45) is 17.1 Å². The Labute approximate surface area is 113 Å². The van der Waals surface area contributed by atoms with Crippen molar-refractivity contribution >= 4 is 17.7 Å². The van der Waals surface area contributed by atoms with Gasteiger partial charge in [-0.1, -0.05) is 20.4 Å². The van der Waals surface area contributed by atoms with E-state index in [-0.39, 0.29) is 11.3 Å². The van der Waals surface area contributed by atoms with Crippen molar-refractivity contribution in [2.75, 3.05) is 18.8 Å². The van der Waals surface area contributed by atoms with Crippen molar-refractivity contribution in [2.45, 2.75) is 26.7 Å². The van der Waals surface area contributed by atoms with Gasteiger partial charge in [-0.05, 0) is 35.5 Å². The van der Waals surface area contributed by atoms with Crippen LogP contribution in [-0.2, 0) is 4.79 Å². The molecule has 2 N–H and O–H groups in total. The molecule has 1 amide bonds. The van der Waals surface area contributed by atoms with Crippen molar-refractivity contribution in [3.8, 4) is 0 Å². The van der Waals surface area contributed by atoms with E-state index in [0.717, 1.165) is 24.3 Å². The number of hydrogen-bond acceptors (Lipinski definition) is 3. The quantitative estimate of drug-likeness (QED) is 0.849. The number of thioether (sulfide) groups is 1. The first kappa shape index (κ1) is 13.7. The molecule has 0 spiro atoms. The monoisotopic (exact) mass is 266 g/mol. The first-order chi connectivity index (χ1) is 8.44. The molecule has 4 heteroatoms. The van der Waals surface area contributed by atoms with E-state index < -0.39 is 0 Å². The number of rotatable bonds is 4. The predicted molar refractivity (Wildman–Crippen MR) is 77.0 cm³/mol. The largest absolute Gasteiger partial charge is 0.330 e. The molecule has 2 rings (SSSR count). The molecule has 0 aromatic rings. The van der Waals surface area contributed by atoms with Gasteiger partial charge in [0, 0.05) is 24.2 Å². The topological polar surface area (TPSA) is 46.3 Å². The van der Waals surface area contributed by atoms with Crippen molar-refractivity contribution in [1.82, 2.24) is 4.90 Å². The lowest BCUT2D eigenvalue weighted by Crippen LogP contribution is -2.41. The second-order valence-electron chi connectivity index (χ2n) is 5.86. The fourth-order valence-corrected chi connectivity index (χ4v) is 3.85. The number of amides is 1. The Balaban J connectivity index is 2.14. The summed E-state index contributed by atoms with van der Waals surface area (Å²) in [5, 5.41) is 0. The summed E-state index contributed by atoms with van der Waals surface area (Å²) >= 11 is 1.80. The molecule has 0 bridgehead atoms. The number of hydrogen-bond donors (Lipinski definition) is 1. The molecular formula is C14H22N2OS. The fourth-order valence-electron chi connectivity index (χ4n) is 2.62. The summed E-state index contributed by atoms with van der Waals surface area (Å²) in [6.45, 7) is 9.83. The van der Waals surface area contributed by atoms with Crippen LogP contribution in [0, 0.1) is 11.3 Å². The van der Waals surface area contributed by atoms with Crippen LogP contribution < -0.4 is 5.73 Å². The van der Waals surface area contributed by atoms with Crippen LogP contribution in [0.2, 0.25) is 0 Å². The maximum absolute atomic E-state index is 12.2. The van der Waals surface area contributed by atoms with Gasteiger partial charge >= 0.3 is 0 Å². The van der Waals surface area contributed by atoms with Crippen LogP contribution in [0.1, 0.15) is 26.7 Å². The first-order valence-electron chi connectivity index (χ1n) is 6.49. The van der Waals surface area contributed by atoms with Crippen LogP contribution >= 0.6 is 11.8 Å². The summed E-state index contributed by atoms with van der Waals surface area (Å²) in [6, 6.07) is 0. The Hall–Kier alpha value is -0.740. The molecule has 3 nitrogen and oxygen atoms in total. The third-order valence-electron chi connectivity index (χ3n) is 3.71. The number of nitrogens with zero attached hydrogens (tertiary/aromatic N) is 1. The Morgan fingerprint density at radius 2 is 2.33 bits per heavy atom. The van der Waals surface area contributed by atoms with Gasteiger partial charge in [0.1, 0.15) is 0 Å². The first-order valence-corrected chi connectivity index (χ1v) is 7.48. The molecule has 1 fully saturated rings. The summed E-state index contributed by atoms with van der Waals surface area (Å²) in [4.78, 5) is 15.2. The number of allylic oxidation sites excluding steroid dienone is 1. The van der Waals surface area contributed by atoms with Crippen molar-refractivity contribution in [1.29, 1.82) is 0 Å². The second kappa shape index (κ2) is 5.10. The van der Waals surface area contributed by atoms with E-state index in [9.17, 15) is 4.79 Å². The van der Waals surface area contributed by atoms with Crippen LogP contribution in [0.25, 0.3) is 0 Å². The minimum absolute atomic E-state index is 0.0461. The SMILES string of the molecule is C=C1C2CCSC2=CC(=O)N1CC(C)(C)CCN. The van der Waals surface area contributed by atoms with Gasteiger partial charge in [-0.15, -0.1) is 11.8 Å². The maximum atomic E-state index is 12.2. The Morgan fingerprint density at radius 1 is 1.61 bits per heavy atom. The molecule has 2 aliphatic rings. The average Bonchev–Trinajstić information content (AvgIpc) is 2.72. The smallest absolute Gasteiger partial charge is 0.251 e. The normalized spacial score (nSPS) is 24.3. The number of carbonyl (C=O) groups is 1. The van der Waals surface area contributed by atoms with Gasteiger partial charge in [0.15, 0.2) is 0 Å². The Bertz CT molecular complexity index is 401. The molecule has 1 atom stereocenters. The van der Waals surface area contributed by atoms with E-state index >= 15 is 0 Å². The molecule has 0 aliphatic carbocycles. The lowest BCUT2D eigenvalue weighted by atomic mass is 9.87. The summed E-state index contributed by atoms with van der Waals surface area (Å²) in [7, 11) is 0. The van der Waals surface area contributed by atoms with Gasteiger partial charge < -0.3 is 10.6 Å². The van der Waals surface area contributed by atoms with Gasteiger partial charge in [0.2, 0.25) is 0 Å². The van der Waals surface area contributed by atoms with Gasteiger partial charge in [-0.25, -0.2) is 0 Å². The molecule has 0 aromatic heterocycles. The minimum Gasteiger partial charge on any atom is -0.330 e. The van der Waals surface area contributed by atoms with E-state index in [0.29, 0.717) is 19.0 Å². The van der Waals surface area contributed by atoms with Crippen molar-refractivity contribution in [3.05, 3.63) is 23.3 Å². The Kier molecular flexibility index (Phi) is 3.87. The van der Waals surface area contributed by atoms with Gasteiger partial charge in [0.05, 0.1) is 0 Å². The lowest BCUT2D eigenvalue weighted by Gasteiger charge is -2.37. The van der Waals surface area contributed by atoms with Crippen LogP contribution in [-0.4, -0.2) is 29.6 Å². The summed E-state index contributed by atoms with van der Waals surface area (Å²) < 4.78 is 0. The molecular weight excluding hydrogens is 244 g/mol. The average molecular weight is 266 g/mol. The van der Waals surface area contributed by atoms with Crippen LogP contribution in [0.5, 0.6) is 0 Å². The lowest BCUT2D eigenvalue weighted by molar-refractivity contribution is -0.126. The zero-order chi connectivity index (χ0) is 13.3. The van der Waals surface area contributed by atoms with Crippen LogP contribution in [0.4, 0.5) is 0 Å². The van der Waals surface area contributed by atoms with E-state index in [1.807, 2.05) is 4.90 Å². The molecule has 0 saturated carbocycles. The Morgan fingerprint density at radius 3 is 3.00 bits per heavy atom. The zero-order valence-electron chi connectivity index (χ0n) is 11.2. The molecule has 18 heavy (non-hydrogen) atoms. The van der Waals surface area contributed by atoms with Crippen molar-refractivity contribution < 1.29 is 4.79 Å². The van der Waals surface area contributed by atoms with Gasteiger partial charge in [0.25, 0.3) is 5.91 Å². The summed E-state index contributed by atoms with van der Waals surface area (Å²) in [5.41, 5.74) is 6.66. The highest BCUT2D eigenvalue weighted by Gasteiger charge is 2.36. The van der Waals surface area contributed by atoms with Crippen molar-refractivity contribution in [3.63, 3.8) is 0 Å².